The predicted octanol–water partition coefficient (Wildman–Crippen LogP) is 2.29. The van der Waals surface area contributed by atoms with E-state index in [-0.39, 0.29) is 6.03 Å². The minimum atomic E-state index is -0.0920. The van der Waals surface area contributed by atoms with Crippen molar-refractivity contribution in [1.82, 2.24) is 10.6 Å². The van der Waals surface area contributed by atoms with E-state index in [4.69, 9.17) is 4.74 Å². The van der Waals surface area contributed by atoms with Crippen molar-refractivity contribution in [1.29, 1.82) is 0 Å². The largest absolute Gasteiger partial charge is 0.383 e. The number of amides is 2. The van der Waals surface area contributed by atoms with E-state index in [1.165, 1.54) is 32.1 Å². The van der Waals surface area contributed by atoms with Gasteiger partial charge >= 0.3 is 6.03 Å². The SMILES string of the molecule is CCCCCCCCNC(=O)NCCOC. The van der Waals surface area contributed by atoms with Gasteiger partial charge in [0.2, 0.25) is 0 Å². The fourth-order valence-corrected chi connectivity index (χ4v) is 1.44. The molecule has 0 fully saturated rings. The van der Waals surface area contributed by atoms with Gasteiger partial charge in [-0.25, -0.2) is 4.79 Å². The Morgan fingerprint density at radius 2 is 1.62 bits per heavy atom. The topological polar surface area (TPSA) is 50.4 Å². The van der Waals surface area contributed by atoms with E-state index < -0.39 is 0 Å². The molecule has 0 saturated heterocycles. The molecule has 0 aromatic carbocycles. The van der Waals surface area contributed by atoms with Gasteiger partial charge in [0.25, 0.3) is 0 Å². The molecule has 96 valence electrons. The smallest absolute Gasteiger partial charge is 0.314 e. The van der Waals surface area contributed by atoms with Gasteiger partial charge in [-0.15, -0.1) is 0 Å². The van der Waals surface area contributed by atoms with E-state index in [9.17, 15) is 4.79 Å². The lowest BCUT2D eigenvalue weighted by atomic mass is 10.1. The summed E-state index contributed by atoms with van der Waals surface area (Å²) >= 11 is 0. The van der Waals surface area contributed by atoms with Crippen LogP contribution < -0.4 is 10.6 Å². The van der Waals surface area contributed by atoms with E-state index in [1.54, 1.807) is 7.11 Å². The predicted molar refractivity (Wildman–Crippen MR) is 66.7 cm³/mol. The zero-order valence-electron chi connectivity index (χ0n) is 10.7. The minimum Gasteiger partial charge on any atom is -0.383 e. The lowest BCUT2D eigenvalue weighted by Gasteiger charge is -2.06. The van der Waals surface area contributed by atoms with E-state index >= 15 is 0 Å². The molecule has 0 aromatic heterocycles. The van der Waals surface area contributed by atoms with Crippen LogP contribution in [0.4, 0.5) is 4.79 Å². The molecule has 0 aromatic rings. The van der Waals surface area contributed by atoms with Gasteiger partial charge in [0, 0.05) is 20.2 Å². The van der Waals surface area contributed by atoms with Crippen LogP contribution in [-0.2, 0) is 4.74 Å². The van der Waals surface area contributed by atoms with Gasteiger partial charge in [-0.05, 0) is 6.42 Å². The normalized spacial score (nSPS) is 10.1. The third-order valence-corrected chi connectivity index (χ3v) is 2.41. The van der Waals surface area contributed by atoms with Crippen molar-refractivity contribution in [3.63, 3.8) is 0 Å². The number of carbonyl (C=O) groups excluding carboxylic acids is 1. The van der Waals surface area contributed by atoms with E-state index in [2.05, 4.69) is 17.6 Å². The molecule has 0 aliphatic carbocycles. The molecule has 0 radical (unpaired) electrons. The van der Waals surface area contributed by atoms with Crippen molar-refractivity contribution in [2.75, 3.05) is 26.8 Å². The van der Waals surface area contributed by atoms with Gasteiger partial charge in [0.05, 0.1) is 6.61 Å². The number of methoxy groups -OCH3 is 1. The first-order valence-electron chi connectivity index (χ1n) is 6.32. The first-order chi connectivity index (χ1) is 7.81. The molecule has 0 heterocycles. The number of rotatable bonds is 10. The molecule has 0 saturated carbocycles. The number of ether oxygens (including phenoxy) is 1. The number of hydrogen-bond acceptors (Lipinski definition) is 2. The first-order valence-corrected chi connectivity index (χ1v) is 6.32. The van der Waals surface area contributed by atoms with Crippen LogP contribution in [0.5, 0.6) is 0 Å². The minimum absolute atomic E-state index is 0.0920. The molecule has 16 heavy (non-hydrogen) atoms. The summed E-state index contributed by atoms with van der Waals surface area (Å²) in [6.45, 7) is 4.11. The Labute approximate surface area is 99.1 Å². The second kappa shape index (κ2) is 12.3. The van der Waals surface area contributed by atoms with Gasteiger partial charge in [0.15, 0.2) is 0 Å². The molecule has 0 aliphatic rings. The summed E-state index contributed by atoms with van der Waals surface area (Å²) in [7, 11) is 1.62. The summed E-state index contributed by atoms with van der Waals surface area (Å²) < 4.78 is 4.83. The van der Waals surface area contributed by atoms with Gasteiger partial charge in [0.1, 0.15) is 0 Å². The zero-order valence-corrected chi connectivity index (χ0v) is 10.7. The van der Waals surface area contributed by atoms with E-state index in [1.807, 2.05) is 0 Å². The Balaban J connectivity index is 3.09. The highest BCUT2D eigenvalue weighted by Gasteiger charge is 1.97. The number of unbranched alkanes of at least 4 members (excludes halogenated alkanes) is 5. The lowest BCUT2D eigenvalue weighted by Crippen LogP contribution is -2.37. The van der Waals surface area contributed by atoms with Gasteiger partial charge in [-0.2, -0.15) is 0 Å². The first kappa shape index (κ1) is 15.2. The van der Waals surface area contributed by atoms with E-state index in [0.29, 0.717) is 13.2 Å². The third-order valence-electron chi connectivity index (χ3n) is 2.41. The maximum absolute atomic E-state index is 11.2. The van der Waals surface area contributed by atoms with Crippen molar-refractivity contribution in [3.05, 3.63) is 0 Å². The highest BCUT2D eigenvalue weighted by molar-refractivity contribution is 5.73. The Bertz CT molecular complexity index is 163. The molecule has 2 N–H and O–H groups in total. The molecular formula is C12H26N2O2. The number of carbonyl (C=O) groups is 1. The van der Waals surface area contributed by atoms with Crippen LogP contribution in [0.25, 0.3) is 0 Å². The molecule has 0 bridgehead atoms. The second-order valence-electron chi connectivity index (χ2n) is 3.94. The molecule has 0 spiro atoms. The molecular weight excluding hydrogens is 204 g/mol. The van der Waals surface area contributed by atoms with Gasteiger partial charge in [-0.3, -0.25) is 0 Å². The molecule has 2 amide bonds. The lowest BCUT2D eigenvalue weighted by molar-refractivity contribution is 0.196. The Kier molecular flexibility index (Phi) is 11.7. The fraction of sp³-hybridized carbons (Fsp3) is 0.917. The van der Waals surface area contributed by atoms with Crippen molar-refractivity contribution in [2.45, 2.75) is 45.4 Å². The van der Waals surface area contributed by atoms with Crippen LogP contribution in [0.1, 0.15) is 45.4 Å². The molecule has 4 heteroatoms. The summed E-state index contributed by atoms with van der Waals surface area (Å²) in [5, 5.41) is 5.55. The zero-order chi connectivity index (χ0) is 12.1. The summed E-state index contributed by atoms with van der Waals surface area (Å²) in [5.74, 6) is 0. The molecule has 0 unspecified atom stereocenters. The van der Waals surface area contributed by atoms with Crippen LogP contribution in [0, 0.1) is 0 Å². The highest BCUT2D eigenvalue weighted by Crippen LogP contribution is 2.03. The van der Waals surface area contributed by atoms with Crippen LogP contribution in [0.3, 0.4) is 0 Å². The maximum atomic E-state index is 11.2. The van der Waals surface area contributed by atoms with Crippen LogP contribution in [-0.4, -0.2) is 32.8 Å². The summed E-state index contributed by atoms with van der Waals surface area (Å²) in [4.78, 5) is 11.2. The quantitative estimate of drug-likeness (QED) is 0.566. The summed E-state index contributed by atoms with van der Waals surface area (Å²) in [6, 6.07) is -0.0920. The van der Waals surface area contributed by atoms with Crippen LogP contribution in [0.15, 0.2) is 0 Å². The van der Waals surface area contributed by atoms with E-state index in [0.717, 1.165) is 13.0 Å². The second-order valence-corrected chi connectivity index (χ2v) is 3.94. The monoisotopic (exact) mass is 230 g/mol. The molecule has 0 atom stereocenters. The van der Waals surface area contributed by atoms with Crippen molar-refractivity contribution in [3.8, 4) is 0 Å². The molecule has 4 nitrogen and oxygen atoms in total. The maximum Gasteiger partial charge on any atom is 0.314 e. The summed E-state index contributed by atoms with van der Waals surface area (Å²) in [5.41, 5.74) is 0. The summed E-state index contributed by atoms with van der Waals surface area (Å²) in [6.07, 6.45) is 7.47. The van der Waals surface area contributed by atoms with Crippen molar-refractivity contribution < 1.29 is 9.53 Å². The van der Waals surface area contributed by atoms with Crippen molar-refractivity contribution in [2.24, 2.45) is 0 Å². The highest BCUT2D eigenvalue weighted by atomic mass is 16.5. The standard InChI is InChI=1S/C12H26N2O2/c1-3-4-5-6-7-8-9-13-12(15)14-10-11-16-2/h3-11H2,1-2H3,(H2,13,14,15). The van der Waals surface area contributed by atoms with Crippen LogP contribution >= 0.6 is 0 Å². The Morgan fingerprint density at radius 3 is 2.31 bits per heavy atom. The fourth-order valence-electron chi connectivity index (χ4n) is 1.44. The number of hydrogen-bond donors (Lipinski definition) is 2. The van der Waals surface area contributed by atoms with Gasteiger partial charge < -0.3 is 15.4 Å². The Hall–Kier alpha value is -0.770. The third kappa shape index (κ3) is 11.3. The average Bonchev–Trinajstić information content (AvgIpc) is 2.28. The van der Waals surface area contributed by atoms with Crippen molar-refractivity contribution >= 4 is 6.03 Å². The number of nitrogens with one attached hydrogen (secondary N) is 2. The van der Waals surface area contributed by atoms with Crippen LogP contribution in [0.2, 0.25) is 0 Å². The Morgan fingerprint density at radius 1 is 1.00 bits per heavy atom. The number of urea groups is 1. The molecule has 0 aliphatic heterocycles. The average molecular weight is 230 g/mol. The molecule has 0 rings (SSSR count). The van der Waals surface area contributed by atoms with Gasteiger partial charge in [-0.1, -0.05) is 39.0 Å².